The molecule has 0 saturated heterocycles. The molecule has 0 aliphatic heterocycles. The van der Waals surface area contributed by atoms with E-state index in [4.69, 9.17) is 17.0 Å². The van der Waals surface area contributed by atoms with Gasteiger partial charge >= 0.3 is 0 Å². The molecule has 6 nitrogen and oxygen atoms in total. The molecule has 0 amide bonds. The summed E-state index contributed by atoms with van der Waals surface area (Å²) in [6.45, 7) is 2.52. The topological polar surface area (TPSA) is 75.4 Å². The number of hydrogen-bond donors (Lipinski definition) is 2. The molecule has 122 valence electrons. The third-order valence-electron chi connectivity index (χ3n) is 3.25. The van der Waals surface area contributed by atoms with Crippen molar-refractivity contribution in [2.24, 2.45) is 5.10 Å². The van der Waals surface area contributed by atoms with Crippen LogP contribution in [-0.2, 0) is 0 Å². The monoisotopic (exact) mass is 340 g/mol. The first-order chi connectivity index (χ1) is 11.7. The van der Waals surface area contributed by atoms with Crippen LogP contribution < -0.4 is 4.74 Å². The number of hydrogen-bond acceptors (Lipinski definition) is 5. The first-order valence-corrected chi connectivity index (χ1v) is 7.82. The van der Waals surface area contributed by atoms with Gasteiger partial charge in [-0.25, -0.2) is 5.10 Å². The van der Waals surface area contributed by atoms with Gasteiger partial charge in [-0.05, 0) is 49.0 Å². The van der Waals surface area contributed by atoms with Crippen LogP contribution in [-0.4, -0.2) is 32.8 Å². The highest BCUT2D eigenvalue weighted by Crippen LogP contribution is 2.22. The number of nitrogens with zero attached hydrogens (tertiary/aromatic N) is 3. The largest absolute Gasteiger partial charge is 0.508 e. The van der Waals surface area contributed by atoms with E-state index in [0.717, 1.165) is 16.9 Å². The van der Waals surface area contributed by atoms with E-state index >= 15 is 0 Å². The first kappa shape index (κ1) is 15.9. The van der Waals surface area contributed by atoms with E-state index in [2.05, 4.69) is 15.3 Å². The normalized spacial score (nSPS) is 11.0. The van der Waals surface area contributed by atoms with Crippen molar-refractivity contribution >= 4 is 18.4 Å². The lowest BCUT2D eigenvalue weighted by atomic mass is 10.2. The maximum atomic E-state index is 9.52. The predicted octanol–water partition coefficient (Wildman–Crippen LogP) is 3.59. The number of phenolic OH excluding ortho intramolecular Hbond substituents is 1. The standard InChI is InChI=1S/C17H16N4O2S/c1-2-23-15-8-4-6-13(10-15)16-19-20-17(24)21(16)18-11-12-5-3-7-14(22)9-12/h3-11,22H,2H2,1H3,(H,20,24)/b18-11-. The van der Waals surface area contributed by atoms with Crippen LogP contribution >= 0.6 is 12.2 Å². The highest BCUT2D eigenvalue weighted by atomic mass is 32.1. The van der Waals surface area contributed by atoms with Crippen LogP contribution in [0.25, 0.3) is 11.4 Å². The van der Waals surface area contributed by atoms with Gasteiger partial charge in [-0.1, -0.05) is 24.3 Å². The van der Waals surface area contributed by atoms with Crippen LogP contribution in [0, 0.1) is 4.77 Å². The van der Waals surface area contributed by atoms with Crippen LogP contribution in [0.15, 0.2) is 53.6 Å². The smallest absolute Gasteiger partial charge is 0.216 e. The van der Waals surface area contributed by atoms with Gasteiger partial charge in [-0.2, -0.15) is 14.9 Å². The molecule has 0 unspecified atom stereocenters. The van der Waals surface area contributed by atoms with Crippen molar-refractivity contribution in [3.8, 4) is 22.9 Å². The number of H-pyrrole nitrogens is 1. The van der Waals surface area contributed by atoms with Gasteiger partial charge in [0.25, 0.3) is 0 Å². The number of phenols is 1. The Morgan fingerprint density at radius 2 is 2.12 bits per heavy atom. The van der Waals surface area contributed by atoms with Gasteiger partial charge in [0.1, 0.15) is 11.5 Å². The molecule has 0 aliphatic rings. The quantitative estimate of drug-likeness (QED) is 0.550. The molecular weight excluding hydrogens is 324 g/mol. The predicted molar refractivity (Wildman–Crippen MR) is 95.1 cm³/mol. The number of benzene rings is 2. The van der Waals surface area contributed by atoms with Gasteiger partial charge in [0.2, 0.25) is 4.77 Å². The second kappa shape index (κ2) is 7.10. The summed E-state index contributed by atoms with van der Waals surface area (Å²) in [5.41, 5.74) is 1.59. The zero-order valence-corrected chi connectivity index (χ0v) is 13.8. The van der Waals surface area contributed by atoms with Gasteiger partial charge in [0.05, 0.1) is 12.8 Å². The zero-order chi connectivity index (χ0) is 16.9. The third-order valence-corrected chi connectivity index (χ3v) is 3.51. The maximum Gasteiger partial charge on any atom is 0.216 e. The molecule has 0 saturated carbocycles. The van der Waals surface area contributed by atoms with Crippen LogP contribution in [0.4, 0.5) is 0 Å². The summed E-state index contributed by atoms with van der Waals surface area (Å²) < 4.78 is 7.43. The van der Waals surface area contributed by atoms with Crippen molar-refractivity contribution in [1.29, 1.82) is 0 Å². The summed E-state index contributed by atoms with van der Waals surface area (Å²) in [6, 6.07) is 14.4. The fraction of sp³-hybridized carbons (Fsp3) is 0.118. The Bertz CT molecular complexity index is 930. The number of ether oxygens (including phenoxy) is 1. The van der Waals surface area contributed by atoms with Gasteiger partial charge in [-0.3, -0.25) is 0 Å². The highest BCUT2D eigenvalue weighted by Gasteiger charge is 2.09. The lowest BCUT2D eigenvalue weighted by Crippen LogP contribution is -1.96. The van der Waals surface area contributed by atoms with E-state index in [1.807, 2.05) is 37.3 Å². The Morgan fingerprint density at radius 3 is 2.92 bits per heavy atom. The second-order valence-electron chi connectivity index (χ2n) is 4.96. The summed E-state index contributed by atoms with van der Waals surface area (Å²) >= 11 is 5.25. The van der Waals surface area contributed by atoms with Gasteiger partial charge in [-0.15, -0.1) is 0 Å². The molecule has 0 aliphatic carbocycles. The summed E-state index contributed by atoms with van der Waals surface area (Å²) in [7, 11) is 0. The molecule has 7 heteroatoms. The first-order valence-electron chi connectivity index (χ1n) is 7.41. The number of nitrogens with one attached hydrogen (secondary N) is 1. The molecule has 2 N–H and O–H groups in total. The highest BCUT2D eigenvalue weighted by molar-refractivity contribution is 7.71. The molecule has 3 rings (SSSR count). The molecule has 1 heterocycles. The Hall–Kier alpha value is -2.93. The van der Waals surface area contributed by atoms with E-state index in [1.165, 1.54) is 4.68 Å². The van der Waals surface area contributed by atoms with Gasteiger partial charge < -0.3 is 9.84 Å². The Kier molecular flexibility index (Phi) is 4.72. The van der Waals surface area contributed by atoms with Gasteiger partial charge in [0, 0.05) is 5.56 Å². The molecule has 3 aromatic rings. The summed E-state index contributed by atoms with van der Waals surface area (Å²) in [4.78, 5) is 0. The van der Waals surface area contributed by atoms with Crippen molar-refractivity contribution in [2.75, 3.05) is 6.61 Å². The number of aromatic nitrogens is 3. The Labute approximate surface area is 144 Å². The Morgan fingerprint density at radius 1 is 1.29 bits per heavy atom. The maximum absolute atomic E-state index is 9.52. The van der Waals surface area contributed by atoms with Crippen molar-refractivity contribution in [2.45, 2.75) is 6.92 Å². The van der Waals surface area contributed by atoms with E-state index < -0.39 is 0 Å². The average molecular weight is 340 g/mol. The van der Waals surface area contributed by atoms with Crippen molar-refractivity contribution < 1.29 is 9.84 Å². The van der Waals surface area contributed by atoms with Crippen LogP contribution in [0.3, 0.4) is 0 Å². The number of aromatic amines is 1. The number of rotatable bonds is 5. The zero-order valence-electron chi connectivity index (χ0n) is 13.0. The fourth-order valence-electron chi connectivity index (χ4n) is 2.21. The van der Waals surface area contributed by atoms with Crippen molar-refractivity contribution in [1.82, 2.24) is 14.9 Å². The third kappa shape index (κ3) is 3.52. The summed E-state index contributed by atoms with van der Waals surface area (Å²) in [5, 5.41) is 20.9. The second-order valence-corrected chi connectivity index (χ2v) is 5.35. The van der Waals surface area contributed by atoms with Crippen LogP contribution in [0.5, 0.6) is 11.5 Å². The fourth-order valence-corrected chi connectivity index (χ4v) is 2.39. The van der Waals surface area contributed by atoms with E-state index in [9.17, 15) is 5.11 Å². The lowest BCUT2D eigenvalue weighted by molar-refractivity contribution is 0.340. The Balaban J connectivity index is 1.97. The minimum atomic E-state index is 0.180. The molecule has 2 aromatic carbocycles. The molecule has 0 bridgehead atoms. The van der Waals surface area contributed by atoms with Crippen molar-refractivity contribution in [3.05, 3.63) is 58.9 Å². The molecule has 0 fully saturated rings. The van der Waals surface area contributed by atoms with E-state index in [0.29, 0.717) is 17.2 Å². The SMILES string of the molecule is CCOc1cccc(-c2n[nH]c(=S)n2/N=C\c2cccc(O)c2)c1. The van der Waals surface area contributed by atoms with Crippen LogP contribution in [0.2, 0.25) is 0 Å². The average Bonchev–Trinajstić information content (AvgIpc) is 2.94. The van der Waals surface area contributed by atoms with E-state index in [-0.39, 0.29) is 5.75 Å². The molecule has 24 heavy (non-hydrogen) atoms. The summed E-state index contributed by atoms with van der Waals surface area (Å²) in [5.74, 6) is 1.52. The number of aromatic hydroxyl groups is 1. The molecule has 0 radical (unpaired) electrons. The molecule has 0 atom stereocenters. The minimum absolute atomic E-state index is 0.180. The molecular formula is C17H16N4O2S. The summed E-state index contributed by atoms with van der Waals surface area (Å²) in [6.07, 6.45) is 1.61. The molecule has 1 aromatic heterocycles. The van der Waals surface area contributed by atoms with Crippen LogP contribution in [0.1, 0.15) is 12.5 Å². The van der Waals surface area contributed by atoms with Gasteiger partial charge in [0.15, 0.2) is 5.82 Å². The van der Waals surface area contributed by atoms with E-state index in [1.54, 1.807) is 24.4 Å². The minimum Gasteiger partial charge on any atom is -0.508 e. The lowest BCUT2D eigenvalue weighted by Gasteiger charge is -2.05. The van der Waals surface area contributed by atoms with Crippen molar-refractivity contribution in [3.63, 3.8) is 0 Å². The molecule has 0 spiro atoms.